The first kappa shape index (κ1) is 24.3. The van der Waals surface area contributed by atoms with Crippen molar-refractivity contribution in [2.45, 2.75) is 25.4 Å². The Morgan fingerprint density at radius 1 is 0.811 bits per heavy atom. The van der Waals surface area contributed by atoms with Crippen LogP contribution in [0.25, 0.3) is 10.8 Å². The molecule has 0 radical (unpaired) electrons. The third-order valence-corrected chi connectivity index (χ3v) is 6.98. The lowest BCUT2D eigenvalue weighted by Gasteiger charge is -2.26. The fourth-order valence-electron chi connectivity index (χ4n) is 4.92. The predicted octanol–water partition coefficient (Wildman–Crippen LogP) is 4.88. The van der Waals surface area contributed by atoms with E-state index in [9.17, 15) is 14.4 Å². The van der Waals surface area contributed by atoms with E-state index in [1.807, 2.05) is 103 Å². The van der Waals surface area contributed by atoms with Crippen molar-refractivity contribution >= 4 is 28.6 Å². The lowest BCUT2D eigenvalue weighted by Crippen LogP contribution is -2.45. The normalized spacial score (nSPS) is 17.2. The largest absolute Gasteiger partial charge is 0.336 e. The van der Waals surface area contributed by atoms with Gasteiger partial charge in [-0.15, -0.1) is 0 Å². The van der Waals surface area contributed by atoms with Crippen molar-refractivity contribution in [3.63, 3.8) is 0 Å². The molecule has 5 rings (SSSR count). The van der Waals surface area contributed by atoms with E-state index in [1.54, 1.807) is 11.8 Å². The number of hydrogen-bond donors (Lipinski definition) is 1. The van der Waals surface area contributed by atoms with Crippen LogP contribution >= 0.6 is 0 Å². The van der Waals surface area contributed by atoms with Gasteiger partial charge in [0.25, 0.3) is 5.91 Å². The van der Waals surface area contributed by atoms with Crippen molar-refractivity contribution in [1.29, 1.82) is 0 Å². The van der Waals surface area contributed by atoms with Gasteiger partial charge in [-0.3, -0.25) is 14.5 Å². The molecule has 1 heterocycles. The van der Waals surface area contributed by atoms with Gasteiger partial charge in [-0.1, -0.05) is 103 Å². The van der Waals surface area contributed by atoms with Crippen LogP contribution in [0.1, 0.15) is 23.6 Å². The number of benzene rings is 4. The zero-order chi connectivity index (χ0) is 25.8. The van der Waals surface area contributed by atoms with E-state index in [-0.39, 0.29) is 12.5 Å². The second kappa shape index (κ2) is 10.3. The summed E-state index contributed by atoms with van der Waals surface area (Å²) in [5.74, 6) is -0.699. The number of nitrogens with zero attached hydrogens (tertiary/aromatic N) is 2. The molecule has 0 aliphatic carbocycles. The van der Waals surface area contributed by atoms with Crippen LogP contribution in [0.3, 0.4) is 0 Å². The van der Waals surface area contributed by atoms with Crippen LogP contribution in [-0.4, -0.2) is 40.7 Å². The molecule has 1 unspecified atom stereocenters. The zero-order valence-corrected chi connectivity index (χ0v) is 20.8. The lowest BCUT2D eigenvalue weighted by molar-refractivity contribution is -0.139. The molecule has 1 aliphatic heterocycles. The second-order valence-corrected chi connectivity index (χ2v) is 9.51. The topological polar surface area (TPSA) is 69.7 Å². The molecule has 186 valence electrons. The number of hydrogen-bond acceptors (Lipinski definition) is 3. The summed E-state index contributed by atoms with van der Waals surface area (Å²) in [6.45, 7) is 2.27. The third kappa shape index (κ3) is 4.96. The van der Waals surface area contributed by atoms with Gasteiger partial charge in [0.05, 0.1) is 0 Å². The Bertz CT molecular complexity index is 1430. The van der Waals surface area contributed by atoms with Crippen molar-refractivity contribution < 1.29 is 14.4 Å². The molecule has 1 aliphatic rings. The maximum Gasteiger partial charge on any atom is 0.325 e. The van der Waals surface area contributed by atoms with E-state index < -0.39 is 17.5 Å². The maximum absolute atomic E-state index is 13.6. The summed E-state index contributed by atoms with van der Waals surface area (Å²) >= 11 is 0. The van der Waals surface area contributed by atoms with Gasteiger partial charge in [0.2, 0.25) is 5.91 Å². The van der Waals surface area contributed by atoms with E-state index in [4.69, 9.17) is 0 Å². The van der Waals surface area contributed by atoms with Crippen molar-refractivity contribution in [1.82, 2.24) is 15.1 Å². The Hall–Kier alpha value is -4.45. The van der Waals surface area contributed by atoms with Crippen LogP contribution in [0.2, 0.25) is 0 Å². The molecule has 0 saturated carbocycles. The van der Waals surface area contributed by atoms with Gasteiger partial charge in [0.15, 0.2) is 0 Å². The molecule has 0 aromatic heterocycles. The minimum atomic E-state index is -1.26. The van der Waals surface area contributed by atoms with Crippen LogP contribution in [0.5, 0.6) is 0 Å². The van der Waals surface area contributed by atoms with Gasteiger partial charge in [0, 0.05) is 13.1 Å². The van der Waals surface area contributed by atoms with Gasteiger partial charge >= 0.3 is 6.03 Å². The fourth-order valence-corrected chi connectivity index (χ4v) is 4.92. The molecule has 0 spiro atoms. The molecular weight excluding hydrogens is 462 g/mol. The average molecular weight is 492 g/mol. The van der Waals surface area contributed by atoms with E-state index in [1.165, 1.54) is 0 Å². The lowest BCUT2D eigenvalue weighted by atomic mass is 9.88. The van der Waals surface area contributed by atoms with Crippen molar-refractivity contribution in [3.8, 4) is 0 Å². The van der Waals surface area contributed by atoms with E-state index in [2.05, 4.69) is 5.32 Å². The van der Waals surface area contributed by atoms with Crippen LogP contribution in [0.4, 0.5) is 4.79 Å². The molecular formula is C31H29N3O3. The summed E-state index contributed by atoms with van der Waals surface area (Å²) in [5.41, 5.74) is 1.56. The number of amides is 4. The number of imide groups is 1. The van der Waals surface area contributed by atoms with Crippen LogP contribution in [-0.2, 0) is 28.1 Å². The standard InChI is InChI=1S/C31H29N3O3/c1-31(27-18-10-16-25-15-8-9-17-26(25)27)29(36)34(30(37)32-31)22-28(35)33(21-24-13-6-3-7-14-24)20-19-23-11-4-2-5-12-23/h2-18H,19-22H2,1H3,(H,32,37). The van der Waals surface area contributed by atoms with Gasteiger partial charge in [-0.2, -0.15) is 0 Å². The number of carbonyl (C=O) groups excluding carboxylic acids is 3. The number of rotatable bonds is 8. The van der Waals surface area contributed by atoms with Gasteiger partial charge < -0.3 is 10.2 Å². The highest BCUT2D eigenvalue weighted by Gasteiger charge is 2.50. The van der Waals surface area contributed by atoms with Crippen molar-refractivity contribution in [2.24, 2.45) is 0 Å². The summed E-state index contributed by atoms with van der Waals surface area (Å²) in [6.07, 6.45) is 0.674. The zero-order valence-electron chi connectivity index (χ0n) is 20.8. The Morgan fingerprint density at radius 2 is 1.43 bits per heavy atom. The van der Waals surface area contributed by atoms with Crippen LogP contribution < -0.4 is 5.32 Å². The molecule has 1 saturated heterocycles. The summed E-state index contributed by atoms with van der Waals surface area (Å²) < 4.78 is 0. The average Bonchev–Trinajstić information content (AvgIpc) is 3.15. The van der Waals surface area contributed by atoms with Crippen LogP contribution in [0, 0.1) is 0 Å². The summed E-state index contributed by atoms with van der Waals surface area (Å²) in [6, 6.07) is 32.6. The Morgan fingerprint density at radius 3 is 2.16 bits per heavy atom. The molecule has 0 bridgehead atoms. The molecule has 4 aromatic carbocycles. The van der Waals surface area contributed by atoms with Gasteiger partial charge in [0.1, 0.15) is 12.1 Å². The first-order valence-electron chi connectivity index (χ1n) is 12.4. The predicted molar refractivity (Wildman–Crippen MR) is 144 cm³/mol. The molecule has 4 aromatic rings. The van der Waals surface area contributed by atoms with E-state index in [0.717, 1.165) is 26.8 Å². The molecule has 1 fully saturated rings. The Labute approximate surface area is 216 Å². The Balaban J connectivity index is 1.37. The van der Waals surface area contributed by atoms with E-state index >= 15 is 0 Å². The van der Waals surface area contributed by atoms with Crippen molar-refractivity contribution in [3.05, 3.63) is 120 Å². The van der Waals surface area contributed by atoms with Crippen molar-refractivity contribution in [2.75, 3.05) is 13.1 Å². The van der Waals surface area contributed by atoms with Gasteiger partial charge in [-0.25, -0.2) is 4.79 Å². The molecule has 37 heavy (non-hydrogen) atoms. The highest BCUT2D eigenvalue weighted by Crippen LogP contribution is 2.33. The summed E-state index contributed by atoms with van der Waals surface area (Å²) in [5, 5.41) is 4.73. The Kier molecular flexibility index (Phi) is 6.73. The number of nitrogens with one attached hydrogen (secondary N) is 1. The monoisotopic (exact) mass is 491 g/mol. The molecule has 1 N–H and O–H groups in total. The SMILES string of the molecule is CC1(c2cccc3ccccc23)NC(=O)N(CC(=O)N(CCc2ccccc2)Cc2ccccc2)C1=O. The smallest absolute Gasteiger partial charge is 0.325 e. The number of urea groups is 1. The molecule has 1 atom stereocenters. The first-order valence-corrected chi connectivity index (χ1v) is 12.4. The maximum atomic E-state index is 13.6. The number of carbonyl (C=O) groups is 3. The summed E-state index contributed by atoms with van der Waals surface area (Å²) in [7, 11) is 0. The van der Waals surface area contributed by atoms with Crippen LogP contribution in [0.15, 0.2) is 103 Å². The quantitative estimate of drug-likeness (QED) is 0.357. The minimum absolute atomic E-state index is 0.273. The number of fused-ring (bicyclic) bond motifs is 1. The first-order chi connectivity index (χ1) is 18.0. The molecule has 4 amide bonds. The highest BCUT2D eigenvalue weighted by atomic mass is 16.2. The summed E-state index contributed by atoms with van der Waals surface area (Å²) in [4.78, 5) is 43.0. The van der Waals surface area contributed by atoms with E-state index in [0.29, 0.717) is 25.1 Å². The molecule has 6 nitrogen and oxygen atoms in total. The van der Waals surface area contributed by atoms with Gasteiger partial charge in [-0.05, 0) is 40.8 Å². The minimum Gasteiger partial charge on any atom is -0.336 e. The highest BCUT2D eigenvalue weighted by molar-refractivity contribution is 6.10. The fraction of sp³-hybridized carbons (Fsp3) is 0.194. The second-order valence-electron chi connectivity index (χ2n) is 9.51. The third-order valence-electron chi connectivity index (χ3n) is 6.98. The molecule has 6 heteroatoms.